The normalized spacial score (nSPS) is 14.0. The Labute approximate surface area is 197 Å². The molecule has 0 saturated heterocycles. The van der Waals surface area contributed by atoms with Gasteiger partial charge in [0.25, 0.3) is 0 Å². The standard InChI is InChI=1S/C31H23NS/c1-31(2)25-11-6-5-10-22(25)23-15-14-21(18-26(23)31)32-27-12-7-13-28-30(27)24-16-19-8-3-4-9-20(19)17-29(24)33-28/h3-18,32H,1-2H3. The molecule has 7 rings (SSSR count). The number of benzene rings is 5. The Morgan fingerprint density at radius 3 is 2.27 bits per heavy atom. The van der Waals surface area contributed by atoms with Gasteiger partial charge >= 0.3 is 0 Å². The van der Waals surface area contributed by atoms with Crippen molar-refractivity contribution in [2.24, 2.45) is 0 Å². The summed E-state index contributed by atoms with van der Waals surface area (Å²) >= 11 is 1.87. The van der Waals surface area contributed by atoms with E-state index >= 15 is 0 Å². The van der Waals surface area contributed by atoms with Crippen LogP contribution >= 0.6 is 11.3 Å². The smallest absolute Gasteiger partial charge is 0.0478 e. The van der Waals surface area contributed by atoms with Crippen molar-refractivity contribution < 1.29 is 0 Å². The maximum atomic E-state index is 3.77. The summed E-state index contributed by atoms with van der Waals surface area (Å²) in [6.07, 6.45) is 0. The maximum absolute atomic E-state index is 3.77. The van der Waals surface area contributed by atoms with Crippen LogP contribution in [0.3, 0.4) is 0 Å². The molecule has 1 nitrogen and oxygen atoms in total. The monoisotopic (exact) mass is 441 g/mol. The molecule has 1 aliphatic rings. The van der Waals surface area contributed by atoms with Gasteiger partial charge in [-0.1, -0.05) is 74.5 Å². The molecule has 1 heterocycles. The van der Waals surface area contributed by atoms with Crippen molar-refractivity contribution >= 4 is 53.7 Å². The van der Waals surface area contributed by atoms with E-state index in [4.69, 9.17) is 0 Å². The topological polar surface area (TPSA) is 12.0 Å². The van der Waals surface area contributed by atoms with Crippen LogP contribution in [0.5, 0.6) is 0 Å². The number of nitrogens with one attached hydrogen (secondary N) is 1. The van der Waals surface area contributed by atoms with E-state index in [1.54, 1.807) is 0 Å². The first-order chi connectivity index (χ1) is 16.1. The molecule has 0 bridgehead atoms. The van der Waals surface area contributed by atoms with Crippen LogP contribution < -0.4 is 5.32 Å². The summed E-state index contributed by atoms with van der Waals surface area (Å²) in [6, 6.07) is 35.6. The lowest BCUT2D eigenvalue weighted by Crippen LogP contribution is -2.15. The number of rotatable bonds is 2. The van der Waals surface area contributed by atoms with Crippen molar-refractivity contribution in [2.45, 2.75) is 19.3 Å². The number of fused-ring (bicyclic) bond motifs is 7. The lowest BCUT2D eigenvalue weighted by molar-refractivity contribution is 0.660. The van der Waals surface area contributed by atoms with Crippen molar-refractivity contribution in [3.8, 4) is 11.1 Å². The van der Waals surface area contributed by atoms with Gasteiger partial charge in [-0.2, -0.15) is 0 Å². The van der Waals surface area contributed by atoms with Crippen molar-refractivity contribution in [1.29, 1.82) is 0 Å². The lowest BCUT2D eigenvalue weighted by atomic mass is 9.82. The van der Waals surface area contributed by atoms with Gasteiger partial charge in [-0.05, 0) is 69.4 Å². The molecule has 158 valence electrons. The van der Waals surface area contributed by atoms with Gasteiger partial charge in [-0.15, -0.1) is 11.3 Å². The highest BCUT2D eigenvalue weighted by Gasteiger charge is 2.35. The summed E-state index contributed by atoms with van der Waals surface area (Å²) in [5, 5.41) is 9.00. The third-order valence-electron chi connectivity index (χ3n) is 7.23. The van der Waals surface area contributed by atoms with E-state index in [2.05, 4.69) is 116 Å². The number of hydrogen-bond donors (Lipinski definition) is 1. The second-order valence-electron chi connectivity index (χ2n) is 9.53. The molecule has 6 aromatic rings. The highest BCUT2D eigenvalue weighted by Crippen LogP contribution is 2.49. The minimum atomic E-state index is 0.00359. The van der Waals surface area contributed by atoms with E-state index in [0.717, 1.165) is 5.69 Å². The van der Waals surface area contributed by atoms with Gasteiger partial charge in [0, 0.05) is 37.0 Å². The zero-order chi connectivity index (χ0) is 22.2. The van der Waals surface area contributed by atoms with E-state index in [0.29, 0.717) is 0 Å². The van der Waals surface area contributed by atoms with Crippen molar-refractivity contribution in [2.75, 3.05) is 5.32 Å². The van der Waals surface area contributed by atoms with Crippen LogP contribution in [0.25, 0.3) is 42.1 Å². The van der Waals surface area contributed by atoms with Gasteiger partial charge in [0.15, 0.2) is 0 Å². The average Bonchev–Trinajstić information content (AvgIpc) is 3.30. The van der Waals surface area contributed by atoms with Crippen molar-refractivity contribution in [1.82, 2.24) is 0 Å². The number of hydrogen-bond acceptors (Lipinski definition) is 2. The fourth-order valence-corrected chi connectivity index (χ4v) is 6.72. The number of thiophene rings is 1. The lowest BCUT2D eigenvalue weighted by Gasteiger charge is -2.22. The SMILES string of the molecule is CC1(C)c2ccccc2-c2ccc(Nc3cccc4sc5cc6ccccc6cc5c34)cc21. The van der Waals surface area contributed by atoms with Gasteiger partial charge in [0.05, 0.1) is 0 Å². The van der Waals surface area contributed by atoms with Crippen LogP contribution in [0.15, 0.2) is 97.1 Å². The number of anilines is 2. The molecule has 1 aliphatic carbocycles. The van der Waals surface area contributed by atoms with Gasteiger partial charge in [-0.25, -0.2) is 0 Å². The van der Waals surface area contributed by atoms with E-state index in [-0.39, 0.29) is 5.41 Å². The molecule has 1 N–H and O–H groups in total. The summed E-state index contributed by atoms with van der Waals surface area (Å²) in [5.41, 5.74) is 7.83. The average molecular weight is 442 g/mol. The molecule has 0 amide bonds. The molecule has 5 aromatic carbocycles. The van der Waals surface area contributed by atoms with Crippen LogP contribution in [-0.2, 0) is 5.41 Å². The van der Waals surface area contributed by atoms with Crippen LogP contribution in [0.4, 0.5) is 11.4 Å². The van der Waals surface area contributed by atoms with Crippen LogP contribution in [0.1, 0.15) is 25.0 Å². The van der Waals surface area contributed by atoms with E-state index < -0.39 is 0 Å². The maximum Gasteiger partial charge on any atom is 0.0478 e. The van der Waals surface area contributed by atoms with E-state index in [9.17, 15) is 0 Å². The van der Waals surface area contributed by atoms with E-state index in [1.807, 2.05) is 11.3 Å². The fourth-order valence-electron chi connectivity index (χ4n) is 5.55. The Morgan fingerprint density at radius 2 is 1.39 bits per heavy atom. The minimum absolute atomic E-state index is 0.00359. The van der Waals surface area contributed by atoms with Gasteiger partial charge in [0.1, 0.15) is 0 Å². The van der Waals surface area contributed by atoms with Crippen LogP contribution in [0.2, 0.25) is 0 Å². The Kier molecular flexibility index (Phi) is 3.83. The highest BCUT2D eigenvalue weighted by molar-refractivity contribution is 7.26. The zero-order valence-electron chi connectivity index (χ0n) is 18.6. The molecular weight excluding hydrogens is 418 g/mol. The summed E-state index contributed by atoms with van der Waals surface area (Å²) in [5.74, 6) is 0. The van der Waals surface area contributed by atoms with Crippen LogP contribution in [0, 0.1) is 0 Å². The molecule has 0 spiro atoms. The van der Waals surface area contributed by atoms with E-state index in [1.165, 1.54) is 58.9 Å². The first-order valence-electron chi connectivity index (χ1n) is 11.4. The molecule has 0 radical (unpaired) electrons. The predicted molar refractivity (Wildman–Crippen MR) is 144 cm³/mol. The zero-order valence-corrected chi connectivity index (χ0v) is 19.5. The third-order valence-corrected chi connectivity index (χ3v) is 8.34. The molecular formula is C31H23NS. The van der Waals surface area contributed by atoms with Crippen molar-refractivity contribution in [3.05, 3.63) is 108 Å². The van der Waals surface area contributed by atoms with Crippen molar-refractivity contribution in [3.63, 3.8) is 0 Å². The summed E-state index contributed by atoms with van der Waals surface area (Å²) in [7, 11) is 0. The van der Waals surface area contributed by atoms with Gasteiger partial charge < -0.3 is 5.32 Å². The Hall–Kier alpha value is -3.62. The van der Waals surface area contributed by atoms with Crippen LogP contribution in [-0.4, -0.2) is 0 Å². The first-order valence-corrected chi connectivity index (χ1v) is 12.3. The second kappa shape index (κ2) is 6.69. The quantitative estimate of drug-likeness (QED) is 0.282. The molecule has 33 heavy (non-hydrogen) atoms. The second-order valence-corrected chi connectivity index (χ2v) is 10.6. The molecule has 2 heteroatoms. The molecule has 0 unspecified atom stereocenters. The molecule has 0 fully saturated rings. The molecule has 0 saturated carbocycles. The predicted octanol–water partition coefficient (Wildman–Crippen LogP) is 9.26. The summed E-state index contributed by atoms with van der Waals surface area (Å²) in [4.78, 5) is 0. The summed E-state index contributed by atoms with van der Waals surface area (Å²) in [6.45, 7) is 4.67. The highest BCUT2D eigenvalue weighted by atomic mass is 32.1. The Balaban J connectivity index is 1.38. The summed E-state index contributed by atoms with van der Waals surface area (Å²) < 4.78 is 2.66. The largest absolute Gasteiger partial charge is 0.355 e. The Bertz CT molecular complexity index is 1720. The molecule has 1 aromatic heterocycles. The fraction of sp³-hybridized carbons (Fsp3) is 0.0968. The molecule has 0 aliphatic heterocycles. The minimum Gasteiger partial charge on any atom is -0.355 e. The first kappa shape index (κ1) is 18.9. The molecule has 0 atom stereocenters. The van der Waals surface area contributed by atoms with Gasteiger partial charge in [-0.3, -0.25) is 0 Å². The third kappa shape index (κ3) is 2.71. The Morgan fingerprint density at radius 1 is 0.636 bits per heavy atom. The van der Waals surface area contributed by atoms with Gasteiger partial charge in [0.2, 0.25) is 0 Å².